The van der Waals surface area contributed by atoms with Crippen molar-refractivity contribution >= 4 is 17.7 Å². The number of nitro benzene ring substituents is 1. The maximum Gasteiger partial charge on any atom is 0.312 e. The van der Waals surface area contributed by atoms with Gasteiger partial charge in [-0.2, -0.15) is 0 Å². The third kappa shape index (κ3) is 6.24. The van der Waals surface area contributed by atoms with E-state index < -0.39 is 28.3 Å². The van der Waals surface area contributed by atoms with Gasteiger partial charge in [0, 0.05) is 55.1 Å². The molecule has 1 aliphatic rings. The van der Waals surface area contributed by atoms with E-state index in [9.17, 15) is 14.9 Å². The number of nitrogens with zero attached hydrogens (tertiary/aromatic N) is 4. The predicted molar refractivity (Wildman–Crippen MR) is 156 cm³/mol. The molecule has 1 N–H and O–H groups in total. The van der Waals surface area contributed by atoms with Gasteiger partial charge >= 0.3 is 5.97 Å². The quantitative estimate of drug-likeness (QED) is 0.164. The van der Waals surface area contributed by atoms with Crippen molar-refractivity contribution in [1.29, 1.82) is 0 Å². The smallest absolute Gasteiger partial charge is 0.312 e. The summed E-state index contributed by atoms with van der Waals surface area (Å²) >= 11 is 0. The molecule has 2 aromatic heterocycles. The first-order chi connectivity index (χ1) is 19.8. The lowest BCUT2D eigenvalue weighted by molar-refractivity contribution is -0.384. The average molecular weight is 550 g/mol. The Balaban J connectivity index is 1.36. The Morgan fingerprint density at radius 1 is 1.15 bits per heavy atom. The second-order valence-corrected chi connectivity index (χ2v) is 10.3. The van der Waals surface area contributed by atoms with Crippen molar-refractivity contribution in [3.05, 3.63) is 142 Å². The molecule has 4 aromatic rings. The lowest BCUT2D eigenvalue weighted by Crippen LogP contribution is -2.53. The molecule has 3 heterocycles. The molecule has 0 saturated carbocycles. The predicted octanol–water partition coefficient (Wildman–Crippen LogP) is 5.61. The number of carbonyl (C=O) groups excluding carboxylic acids is 1. The Morgan fingerprint density at radius 2 is 1.98 bits per heavy atom. The van der Waals surface area contributed by atoms with Crippen molar-refractivity contribution in [2.45, 2.75) is 31.8 Å². The number of benzene rings is 2. The number of hydrogen-bond donors (Lipinski definition) is 1. The fourth-order valence-electron chi connectivity index (χ4n) is 5.42. The van der Waals surface area contributed by atoms with Crippen LogP contribution in [0.5, 0.6) is 0 Å². The number of nitro groups is 1. The summed E-state index contributed by atoms with van der Waals surface area (Å²) in [5.74, 6) is -1.58. The Labute approximate surface area is 238 Å². The molecule has 0 saturated heterocycles. The van der Waals surface area contributed by atoms with Gasteiger partial charge in [-0.15, -0.1) is 0 Å². The van der Waals surface area contributed by atoms with Crippen LogP contribution in [-0.4, -0.2) is 32.0 Å². The number of rotatable bonds is 9. The molecule has 9 heteroatoms. The first kappa shape index (κ1) is 27.5. The summed E-state index contributed by atoms with van der Waals surface area (Å²) < 4.78 is 7.82. The minimum Gasteiger partial charge on any atom is -0.461 e. The molecule has 0 amide bonds. The van der Waals surface area contributed by atoms with E-state index in [4.69, 9.17) is 4.74 Å². The number of nitrogens with one attached hydrogen (secondary N) is 1. The van der Waals surface area contributed by atoms with Crippen LogP contribution < -0.4 is 5.32 Å². The Kier molecular flexibility index (Phi) is 8.05. The van der Waals surface area contributed by atoms with Crippen LogP contribution in [0.1, 0.15) is 42.0 Å². The number of carbonyl (C=O) groups is 1. The monoisotopic (exact) mass is 549 g/mol. The summed E-state index contributed by atoms with van der Waals surface area (Å²) in [6, 6.07) is 18.3. The zero-order valence-electron chi connectivity index (χ0n) is 22.9. The van der Waals surface area contributed by atoms with E-state index in [1.165, 1.54) is 12.1 Å². The number of non-ortho nitro benzene ring substituents is 1. The number of imidazole rings is 1. The highest BCUT2D eigenvalue weighted by Crippen LogP contribution is 2.45. The molecular formula is C32H31N5O4. The van der Waals surface area contributed by atoms with Crippen molar-refractivity contribution in [1.82, 2.24) is 19.9 Å². The summed E-state index contributed by atoms with van der Waals surface area (Å²) in [7, 11) is 0. The molecular weight excluding hydrogens is 518 g/mol. The maximum absolute atomic E-state index is 13.8. The van der Waals surface area contributed by atoms with Gasteiger partial charge in [-0.1, -0.05) is 54.6 Å². The van der Waals surface area contributed by atoms with Gasteiger partial charge in [0.1, 0.15) is 6.61 Å². The molecule has 41 heavy (non-hydrogen) atoms. The summed E-state index contributed by atoms with van der Waals surface area (Å²) in [6.07, 6.45) is 14.5. The molecule has 0 bridgehead atoms. The molecule has 3 unspecified atom stereocenters. The van der Waals surface area contributed by atoms with E-state index in [0.29, 0.717) is 5.56 Å². The first-order valence-corrected chi connectivity index (χ1v) is 13.3. The standard InChI is InChI=1S/C32H31N5O4/c1-23-18-29(26-7-3-9-28(19-26)37(39)40)30(32(2,35-23)27-8-4-14-33-20-27)31(38)41-17-5-6-24-10-12-25(13-11-24)21-36-16-15-34-22-36/h3-16,18-20,22,29-30,35H,17,21H2,1-2H3. The van der Waals surface area contributed by atoms with Crippen molar-refractivity contribution in [3.8, 4) is 0 Å². The number of hydrogen-bond acceptors (Lipinski definition) is 7. The van der Waals surface area contributed by atoms with E-state index in [1.807, 2.05) is 73.2 Å². The molecule has 0 spiro atoms. The lowest BCUT2D eigenvalue weighted by Gasteiger charge is -2.45. The summed E-state index contributed by atoms with van der Waals surface area (Å²) in [5, 5.41) is 15.0. The van der Waals surface area contributed by atoms with Gasteiger partial charge in [0.15, 0.2) is 0 Å². The molecule has 208 valence electrons. The van der Waals surface area contributed by atoms with Crippen molar-refractivity contribution in [3.63, 3.8) is 0 Å². The van der Waals surface area contributed by atoms with Crippen molar-refractivity contribution in [2.24, 2.45) is 5.92 Å². The van der Waals surface area contributed by atoms with E-state index in [1.54, 1.807) is 31.0 Å². The highest BCUT2D eigenvalue weighted by molar-refractivity contribution is 5.77. The second-order valence-electron chi connectivity index (χ2n) is 10.3. The second kappa shape index (κ2) is 12.0. The third-order valence-electron chi connectivity index (χ3n) is 7.38. The average Bonchev–Trinajstić information content (AvgIpc) is 3.49. The van der Waals surface area contributed by atoms with Crippen LogP contribution in [0.25, 0.3) is 6.08 Å². The van der Waals surface area contributed by atoms with E-state index in [-0.39, 0.29) is 12.3 Å². The minimum atomic E-state index is -0.867. The first-order valence-electron chi connectivity index (χ1n) is 13.3. The zero-order chi connectivity index (χ0) is 28.8. The Hall–Kier alpha value is -5.05. The fraction of sp³-hybridized carbons (Fsp3) is 0.219. The van der Waals surface area contributed by atoms with Crippen LogP contribution in [0.15, 0.2) is 110 Å². The van der Waals surface area contributed by atoms with Gasteiger partial charge in [0.25, 0.3) is 5.69 Å². The summed E-state index contributed by atoms with van der Waals surface area (Å²) in [4.78, 5) is 33.2. The van der Waals surface area contributed by atoms with Crippen molar-refractivity contribution in [2.75, 3.05) is 6.61 Å². The van der Waals surface area contributed by atoms with E-state index >= 15 is 0 Å². The molecule has 2 aromatic carbocycles. The normalized spacial score (nSPS) is 20.3. The van der Waals surface area contributed by atoms with Crippen LogP contribution >= 0.6 is 0 Å². The largest absolute Gasteiger partial charge is 0.461 e. The molecule has 0 aliphatic carbocycles. The highest BCUT2D eigenvalue weighted by atomic mass is 16.6. The van der Waals surface area contributed by atoms with Gasteiger partial charge in [-0.25, -0.2) is 4.98 Å². The van der Waals surface area contributed by atoms with Crippen molar-refractivity contribution < 1.29 is 14.5 Å². The number of esters is 1. The Bertz CT molecular complexity index is 1570. The number of pyridine rings is 1. The fourth-order valence-corrected chi connectivity index (χ4v) is 5.42. The molecule has 0 radical (unpaired) electrons. The third-order valence-corrected chi connectivity index (χ3v) is 7.38. The van der Waals surface area contributed by atoms with E-state index in [0.717, 1.165) is 28.9 Å². The zero-order valence-corrected chi connectivity index (χ0v) is 22.9. The molecule has 0 fully saturated rings. The van der Waals surface area contributed by atoms with Gasteiger partial charge in [0.05, 0.1) is 22.7 Å². The highest BCUT2D eigenvalue weighted by Gasteiger charge is 2.49. The van der Waals surface area contributed by atoms with E-state index in [2.05, 4.69) is 27.4 Å². The topological polar surface area (TPSA) is 112 Å². The summed E-state index contributed by atoms with van der Waals surface area (Å²) in [5.41, 5.74) is 3.59. The number of ether oxygens (including phenoxy) is 1. The van der Waals surface area contributed by atoms with Gasteiger partial charge < -0.3 is 14.6 Å². The molecule has 5 rings (SSSR count). The lowest BCUT2D eigenvalue weighted by atomic mass is 9.68. The minimum absolute atomic E-state index is 0.0266. The molecule has 3 atom stereocenters. The Morgan fingerprint density at radius 3 is 2.68 bits per heavy atom. The van der Waals surface area contributed by atoms with Crippen LogP contribution in [0.3, 0.4) is 0 Å². The van der Waals surface area contributed by atoms with Crippen LogP contribution in [0.4, 0.5) is 5.69 Å². The summed E-state index contributed by atoms with van der Waals surface area (Å²) in [6.45, 7) is 4.69. The maximum atomic E-state index is 13.8. The van der Waals surface area contributed by atoms with Gasteiger partial charge in [-0.3, -0.25) is 19.9 Å². The van der Waals surface area contributed by atoms with Crippen LogP contribution in [0.2, 0.25) is 0 Å². The SMILES string of the molecule is CC1=CC(c2cccc([N+](=O)[O-])c2)C(C(=O)OCC=Cc2ccc(Cn3ccnc3)cc2)C(C)(c2cccnc2)N1. The molecule has 1 aliphatic heterocycles. The number of allylic oxidation sites excluding steroid dienone is 2. The van der Waals surface area contributed by atoms with Crippen LogP contribution in [-0.2, 0) is 21.6 Å². The van der Waals surface area contributed by atoms with Crippen LogP contribution in [0, 0.1) is 16.0 Å². The number of aromatic nitrogens is 3. The molecule has 9 nitrogen and oxygen atoms in total. The van der Waals surface area contributed by atoms with Gasteiger partial charge in [0.2, 0.25) is 0 Å². The van der Waals surface area contributed by atoms with Gasteiger partial charge in [-0.05, 0) is 48.2 Å².